The first-order valence-electron chi connectivity index (χ1n) is 8.03. The third-order valence-electron chi connectivity index (χ3n) is 3.92. The highest BCUT2D eigenvalue weighted by atomic mass is 16.4. The minimum Gasteiger partial charge on any atom is -0.478 e. The van der Waals surface area contributed by atoms with Gasteiger partial charge in [-0.2, -0.15) is 0 Å². The molecule has 2 aromatic carbocycles. The van der Waals surface area contributed by atoms with Crippen molar-refractivity contribution in [1.29, 1.82) is 0 Å². The van der Waals surface area contributed by atoms with Crippen LogP contribution in [-0.4, -0.2) is 22.5 Å². The number of carbonyl (C=O) groups is 2. The Morgan fingerprint density at radius 3 is 2.17 bits per heavy atom. The Labute approximate surface area is 142 Å². The van der Waals surface area contributed by atoms with Crippen LogP contribution in [0.2, 0.25) is 0 Å². The molecule has 0 fully saturated rings. The summed E-state index contributed by atoms with van der Waals surface area (Å²) in [6.45, 7) is 4.03. The van der Waals surface area contributed by atoms with E-state index in [1.54, 1.807) is 12.1 Å². The summed E-state index contributed by atoms with van der Waals surface area (Å²) in [6.07, 6.45) is 2.00. The standard InChI is InChI=1S/C20H23NO3/c1-20(2,13-12-15-6-4-3-5-7-15)21-18(22)14-16-8-10-17(11-9-16)19(23)24/h3-11H,12-14H2,1-2H3,(H,21,22)(H,23,24). The molecule has 0 aliphatic heterocycles. The summed E-state index contributed by atoms with van der Waals surface area (Å²) in [7, 11) is 0. The van der Waals surface area contributed by atoms with Crippen molar-refractivity contribution in [3.8, 4) is 0 Å². The van der Waals surface area contributed by atoms with E-state index in [4.69, 9.17) is 5.11 Å². The molecule has 0 bridgehead atoms. The lowest BCUT2D eigenvalue weighted by molar-refractivity contribution is -0.122. The number of hydrogen-bond acceptors (Lipinski definition) is 2. The van der Waals surface area contributed by atoms with E-state index < -0.39 is 5.97 Å². The Hall–Kier alpha value is -2.62. The molecule has 0 aromatic heterocycles. The second-order valence-electron chi connectivity index (χ2n) is 6.60. The van der Waals surface area contributed by atoms with Gasteiger partial charge in [0.05, 0.1) is 12.0 Å². The fraction of sp³-hybridized carbons (Fsp3) is 0.300. The monoisotopic (exact) mass is 325 g/mol. The second-order valence-corrected chi connectivity index (χ2v) is 6.60. The van der Waals surface area contributed by atoms with Gasteiger partial charge in [-0.3, -0.25) is 4.79 Å². The van der Waals surface area contributed by atoms with Gasteiger partial charge in [0.15, 0.2) is 0 Å². The van der Waals surface area contributed by atoms with Crippen LogP contribution in [0.1, 0.15) is 41.8 Å². The summed E-state index contributed by atoms with van der Waals surface area (Å²) in [5, 5.41) is 11.9. The Kier molecular flexibility index (Phi) is 5.74. The molecule has 2 N–H and O–H groups in total. The van der Waals surface area contributed by atoms with E-state index in [-0.39, 0.29) is 23.4 Å². The summed E-state index contributed by atoms with van der Waals surface area (Å²) in [5.74, 6) is -1.02. The molecule has 0 saturated heterocycles. The third-order valence-corrected chi connectivity index (χ3v) is 3.92. The smallest absolute Gasteiger partial charge is 0.335 e. The van der Waals surface area contributed by atoms with Crippen LogP contribution in [-0.2, 0) is 17.6 Å². The van der Waals surface area contributed by atoms with Crippen molar-refractivity contribution >= 4 is 11.9 Å². The maximum Gasteiger partial charge on any atom is 0.335 e. The molecule has 126 valence electrons. The fourth-order valence-corrected chi connectivity index (χ4v) is 2.54. The zero-order chi connectivity index (χ0) is 17.6. The van der Waals surface area contributed by atoms with E-state index >= 15 is 0 Å². The molecule has 0 unspecified atom stereocenters. The number of benzene rings is 2. The highest BCUT2D eigenvalue weighted by Crippen LogP contribution is 2.14. The molecule has 0 saturated carbocycles. The average molecular weight is 325 g/mol. The molecule has 2 aromatic rings. The van der Waals surface area contributed by atoms with Gasteiger partial charge in [-0.15, -0.1) is 0 Å². The molecule has 2 rings (SSSR count). The van der Waals surface area contributed by atoms with Crippen molar-refractivity contribution in [2.45, 2.75) is 38.6 Å². The summed E-state index contributed by atoms with van der Waals surface area (Å²) in [6, 6.07) is 16.6. The molecule has 4 nitrogen and oxygen atoms in total. The Bertz CT molecular complexity index is 691. The van der Waals surface area contributed by atoms with Crippen LogP contribution in [0.4, 0.5) is 0 Å². The molecule has 0 atom stereocenters. The van der Waals surface area contributed by atoms with Gasteiger partial charge in [0, 0.05) is 5.54 Å². The quantitative estimate of drug-likeness (QED) is 0.819. The summed E-state index contributed by atoms with van der Waals surface area (Å²) in [4.78, 5) is 23.1. The zero-order valence-corrected chi connectivity index (χ0v) is 14.1. The molecule has 4 heteroatoms. The molecule has 24 heavy (non-hydrogen) atoms. The molecular formula is C20H23NO3. The number of aryl methyl sites for hydroxylation is 1. The van der Waals surface area contributed by atoms with Crippen LogP contribution in [0.3, 0.4) is 0 Å². The van der Waals surface area contributed by atoms with Gasteiger partial charge in [0.2, 0.25) is 5.91 Å². The Morgan fingerprint density at radius 1 is 0.958 bits per heavy atom. The van der Waals surface area contributed by atoms with E-state index in [1.165, 1.54) is 17.7 Å². The maximum absolute atomic E-state index is 12.2. The number of hydrogen-bond donors (Lipinski definition) is 2. The normalized spacial score (nSPS) is 11.1. The zero-order valence-electron chi connectivity index (χ0n) is 14.1. The number of amides is 1. The van der Waals surface area contributed by atoms with Gasteiger partial charge < -0.3 is 10.4 Å². The van der Waals surface area contributed by atoms with Gasteiger partial charge in [-0.25, -0.2) is 4.79 Å². The molecule has 0 aliphatic carbocycles. The number of rotatable bonds is 7. The predicted molar refractivity (Wildman–Crippen MR) is 94.1 cm³/mol. The molecule has 0 heterocycles. The van der Waals surface area contributed by atoms with Crippen LogP contribution in [0.15, 0.2) is 54.6 Å². The van der Waals surface area contributed by atoms with Crippen molar-refractivity contribution in [1.82, 2.24) is 5.32 Å². The molecular weight excluding hydrogens is 302 g/mol. The average Bonchev–Trinajstić information content (AvgIpc) is 2.54. The van der Waals surface area contributed by atoms with Crippen molar-refractivity contribution < 1.29 is 14.7 Å². The number of carboxylic acid groups (broad SMARTS) is 1. The van der Waals surface area contributed by atoms with Gasteiger partial charge >= 0.3 is 5.97 Å². The van der Waals surface area contributed by atoms with Crippen LogP contribution < -0.4 is 5.32 Å². The second kappa shape index (κ2) is 7.77. The highest BCUT2D eigenvalue weighted by molar-refractivity contribution is 5.87. The number of nitrogens with one attached hydrogen (secondary N) is 1. The highest BCUT2D eigenvalue weighted by Gasteiger charge is 2.20. The van der Waals surface area contributed by atoms with Crippen molar-refractivity contribution in [2.24, 2.45) is 0 Å². The first-order chi connectivity index (χ1) is 11.4. The van der Waals surface area contributed by atoms with Crippen LogP contribution >= 0.6 is 0 Å². The largest absolute Gasteiger partial charge is 0.478 e. The van der Waals surface area contributed by atoms with Crippen LogP contribution in [0, 0.1) is 0 Å². The topological polar surface area (TPSA) is 66.4 Å². The lowest BCUT2D eigenvalue weighted by Gasteiger charge is -2.26. The van der Waals surface area contributed by atoms with Crippen molar-refractivity contribution in [3.05, 3.63) is 71.3 Å². The van der Waals surface area contributed by atoms with E-state index in [0.717, 1.165) is 18.4 Å². The first-order valence-corrected chi connectivity index (χ1v) is 8.03. The van der Waals surface area contributed by atoms with E-state index in [2.05, 4.69) is 17.4 Å². The maximum atomic E-state index is 12.2. The van der Waals surface area contributed by atoms with Gasteiger partial charge in [-0.05, 0) is 49.9 Å². The summed E-state index contributed by atoms with van der Waals surface area (Å²) in [5.41, 5.74) is 1.98. The van der Waals surface area contributed by atoms with Crippen molar-refractivity contribution in [3.63, 3.8) is 0 Å². The van der Waals surface area contributed by atoms with Gasteiger partial charge in [0.1, 0.15) is 0 Å². The van der Waals surface area contributed by atoms with Gasteiger partial charge in [-0.1, -0.05) is 42.5 Å². The van der Waals surface area contributed by atoms with Crippen LogP contribution in [0.25, 0.3) is 0 Å². The molecule has 0 spiro atoms. The number of aromatic carboxylic acids is 1. The van der Waals surface area contributed by atoms with E-state index in [9.17, 15) is 9.59 Å². The lowest BCUT2D eigenvalue weighted by Crippen LogP contribution is -2.44. The Morgan fingerprint density at radius 2 is 1.58 bits per heavy atom. The lowest BCUT2D eigenvalue weighted by atomic mass is 9.95. The number of carboxylic acids is 1. The molecule has 0 radical (unpaired) electrons. The SMILES string of the molecule is CC(C)(CCc1ccccc1)NC(=O)Cc1ccc(C(=O)O)cc1. The van der Waals surface area contributed by atoms with E-state index in [1.807, 2.05) is 32.0 Å². The van der Waals surface area contributed by atoms with E-state index in [0.29, 0.717) is 0 Å². The summed E-state index contributed by atoms with van der Waals surface area (Å²) >= 11 is 0. The Balaban J connectivity index is 1.86. The summed E-state index contributed by atoms with van der Waals surface area (Å²) < 4.78 is 0. The fourth-order valence-electron chi connectivity index (χ4n) is 2.54. The van der Waals surface area contributed by atoms with Crippen molar-refractivity contribution in [2.75, 3.05) is 0 Å². The molecule has 0 aliphatic rings. The number of carbonyl (C=O) groups excluding carboxylic acids is 1. The first kappa shape index (κ1) is 17.7. The third kappa shape index (κ3) is 5.54. The van der Waals surface area contributed by atoms with Gasteiger partial charge in [0.25, 0.3) is 0 Å². The minimum atomic E-state index is -0.965. The van der Waals surface area contributed by atoms with Crippen LogP contribution in [0.5, 0.6) is 0 Å². The minimum absolute atomic E-state index is 0.0591. The predicted octanol–water partition coefficient (Wildman–Crippen LogP) is 3.45. The molecule has 1 amide bonds.